The van der Waals surface area contributed by atoms with Crippen LogP contribution < -0.4 is 11.1 Å². The topological polar surface area (TPSA) is 55.1 Å². The number of hydrogen-bond acceptors (Lipinski definition) is 2. The molecule has 0 bridgehead atoms. The molecule has 0 aromatic rings. The van der Waals surface area contributed by atoms with Crippen molar-refractivity contribution in [3.63, 3.8) is 0 Å². The van der Waals surface area contributed by atoms with Crippen LogP contribution in [0.15, 0.2) is 0 Å². The monoisotopic (exact) mass is 298 g/mol. The molecule has 2 atom stereocenters. The Morgan fingerprint density at radius 2 is 1.48 bits per heavy atom. The number of nitrogens with one attached hydrogen (secondary N) is 1. The van der Waals surface area contributed by atoms with Crippen molar-refractivity contribution in [2.24, 2.45) is 11.7 Å². The Balaban J connectivity index is 3.36. The highest BCUT2D eigenvalue weighted by molar-refractivity contribution is 5.78. The average molecular weight is 299 g/mol. The number of amides is 1. The van der Waals surface area contributed by atoms with Gasteiger partial charge in [0.05, 0.1) is 0 Å². The molecule has 0 fully saturated rings. The van der Waals surface area contributed by atoms with Crippen molar-refractivity contribution in [1.29, 1.82) is 0 Å². The van der Waals surface area contributed by atoms with Crippen molar-refractivity contribution in [1.82, 2.24) is 5.32 Å². The van der Waals surface area contributed by atoms with Gasteiger partial charge in [-0.3, -0.25) is 4.79 Å². The molecule has 0 rings (SSSR count). The molecular weight excluding hydrogens is 260 g/mol. The molecule has 1 amide bonds. The average Bonchev–Trinajstić information content (AvgIpc) is 2.44. The Labute approximate surface area is 132 Å². The van der Waals surface area contributed by atoms with Gasteiger partial charge in [-0.25, -0.2) is 0 Å². The predicted molar refractivity (Wildman–Crippen MR) is 92.3 cm³/mol. The molecule has 0 radical (unpaired) electrons. The number of unbranched alkanes of at least 4 members (excludes halogenated alkanes) is 7. The van der Waals surface area contributed by atoms with E-state index in [9.17, 15) is 4.79 Å². The van der Waals surface area contributed by atoms with Crippen molar-refractivity contribution in [3.05, 3.63) is 0 Å². The second-order valence-electron chi connectivity index (χ2n) is 6.58. The molecule has 0 aliphatic heterocycles. The van der Waals surface area contributed by atoms with E-state index in [-0.39, 0.29) is 17.9 Å². The maximum Gasteiger partial charge on any atom is 0.222 e. The van der Waals surface area contributed by atoms with E-state index in [0.717, 1.165) is 32.2 Å². The summed E-state index contributed by atoms with van der Waals surface area (Å²) in [4.78, 5) is 11.9. The summed E-state index contributed by atoms with van der Waals surface area (Å²) in [6.45, 7) is 7.13. The van der Waals surface area contributed by atoms with Crippen molar-refractivity contribution < 1.29 is 4.79 Å². The zero-order valence-electron chi connectivity index (χ0n) is 14.6. The minimum absolute atomic E-state index is 0.123. The maximum atomic E-state index is 11.9. The van der Waals surface area contributed by atoms with E-state index in [4.69, 9.17) is 5.73 Å². The standard InChI is InChI=1S/C18H38N2O/c1-4-5-6-7-8-9-10-11-15-20-18(21)16(2)13-12-14-17(3)19/h16-17H,4-15,19H2,1-3H3,(H,20,21). The van der Waals surface area contributed by atoms with Gasteiger partial charge in [0.15, 0.2) is 0 Å². The minimum Gasteiger partial charge on any atom is -0.356 e. The van der Waals surface area contributed by atoms with Crippen LogP contribution in [0.25, 0.3) is 0 Å². The van der Waals surface area contributed by atoms with Gasteiger partial charge in [-0.1, -0.05) is 65.2 Å². The smallest absolute Gasteiger partial charge is 0.222 e. The zero-order valence-corrected chi connectivity index (χ0v) is 14.6. The third kappa shape index (κ3) is 14.1. The highest BCUT2D eigenvalue weighted by Crippen LogP contribution is 2.10. The third-order valence-corrected chi connectivity index (χ3v) is 4.07. The summed E-state index contributed by atoms with van der Waals surface area (Å²) in [6, 6.07) is 0.248. The highest BCUT2D eigenvalue weighted by Gasteiger charge is 2.11. The fourth-order valence-corrected chi connectivity index (χ4v) is 2.52. The van der Waals surface area contributed by atoms with E-state index in [1.165, 1.54) is 44.9 Å². The van der Waals surface area contributed by atoms with Crippen LogP contribution in [0.4, 0.5) is 0 Å². The first-order valence-corrected chi connectivity index (χ1v) is 9.11. The SMILES string of the molecule is CCCCCCCCCCNC(=O)C(C)CCCC(C)N. The highest BCUT2D eigenvalue weighted by atomic mass is 16.1. The van der Waals surface area contributed by atoms with Gasteiger partial charge in [0, 0.05) is 18.5 Å². The lowest BCUT2D eigenvalue weighted by Gasteiger charge is -2.12. The van der Waals surface area contributed by atoms with Gasteiger partial charge in [-0.05, 0) is 26.2 Å². The number of carbonyl (C=O) groups is 1. The van der Waals surface area contributed by atoms with Crippen LogP contribution in [0, 0.1) is 5.92 Å². The molecule has 21 heavy (non-hydrogen) atoms. The molecule has 126 valence electrons. The molecule has 0 saturated carbocycles. The Kier molecular flexibility index (Phi) is 14.0. The van der Waals surface area contributed by atoms with Crippen molar-refractivity contribution in [2.75, 3.05) is 6.54 Å². The van der Waals surface area contributed by atoms with E-state index < -0.39 is 0 Å². The number of carbonyl (C=O) groups excluding carboxylic acids is 1. The maximum absolute atomic E-state index is 11.9. The van der Waals surface area contributed by atoms with Crippen molar-refractivity contribution in [2.45, 2.75) is 97.4 Å². The Morgan fingerprint density at radius 3 is 2.05 bits per heavy atom. The lowest BCUT2D eigenvalue weighted by molar-refractivity contribution is -0.124. The Bertz CT molecular complexity index is 241. The molecule has 0 saturated heterocycles. The summed E-state index contributed by atoms with van der Waals surface area (Å²) >= 11 is 0. The molecule has 3 heteroatoms. The second kappa shape index (κ2) is 14.4. The van der Waals surface area contributed by atoms with E-state index in [1.54, 1.807) is 0 Å². The summed E-state index contributed by atoms with van der Waals surface area (Å²) in [5.41, 5.74) is 5.72. The summed E-state index contributed by atoms with van der Waals surface area (Å²) in [7, 11) is 0. The van der Waals surface area contributed by atoms with Crippen LogP contribution in [0.2, 0.25) is 0 Å². The molecule has 0 spiro atoms. The second-order valence-corrected chi connectivity index (χ2v) is 6.58. The number of hydrogen-bond donors (Lipinski definition) is 2. The lowest BCUT2D eigenvalue weighted by atomic mass is 10.0. The third-order valence-electron chi connectivity index (χ3n) is 4.07. The first-order valence-electron chi connectivity index (χ1n) is 9.11. The van der Waals surface area contributed by atoms with Crippen molar-refractivity contribution in [3.8, 4) is 0 Å². The normalized spacial score (nSPS) is 13.9. The minimum atomic E-state index is 0.123. The van der Waals surface area contributed by atoms with Crippen molar-refractivity contribution >= 4 is 5.91 Å². The summed E-state index contributed by atoms with van der Waals surface area (Å²) in [5, 5.41) is 3.06. The van der Waals surface area contributed by atoms with Crippen LogP contribution >= 0.6 is 0 Å². The van der Waals surface area contributed by atoms with Gasteiger partial charge in [-0.2, -0.15) is 0 Å². The van der Waals surface area contributed by atoms with Gasteiger partial charge in [-0.15, -0.1) is 0 Å². The van der Waals surface area contributed by atoms with Gasteiger partial charge < -0.3 is 11.1 Å². The van der Waals surface area contributed by atoms with Crippen LogP contribution in [0.1, 0.15) is 91.4 Å². The van der Waals surface area contributed by atoms with E-state index in [0.29, 0.717) is 0 Å². The number of nitrogens with two attached hydrogens (primary N) is 1. The molecule has 0 aliphatic carbocycles. The quantitative estimate of drug-likeness (QED) is 0.467. The van der Waals surface area contributed by atoms with Crippen LogP contribution in [-0.2, 0) is 4.79 Å². The van der Waals surface area contributed by atoms with Crippen LogP contribution in [0.5, 0.6) is 0 Å². The fraction of sp³-hybridized carbons (Fsp3) is 0.944. The fourth-order valence-electron chi connectivity index (χ4n) is 2.52. The molecular formula is C18H38N2O. The van der Waals surface area contributed by atoms with Gasteiger partial charge in [0.2, 0.25) is 5.91 Å². The van der Waals surface area contributed by atoms with Gasteiger partial charge in [0.25, 0.3) is 0 Å². The summed E-state index contributed by atoms with van der Waals surface area (Å²) < 4.78 is 0. The first kappa shape index (κ1) is 20.4. The largest absolute Gasteiger partial charge is 0.356 e. The van der Waals surface area contributed by atoms with Crippen LogP contribution in [0.3, 0.4) is 0 Å². The molecule has 3 N–H and O–H groups in total. The molecule has 0 heterocycles. The zero-order chi connectivity index (χ0) is 15.9. The lowest BCUT2D eigenvalue weighted by Crippen LogP contribution is -2.30. The van der Waals surface area contributed by atoms with E-state index in [2.05, 4.69) is 12.2 Å². The molecule has 0 aromatic heterocycles. The Hall–Kier alpha value is -0.570. The van der Waals surface area contributed by atoms with Crippen LogP contribution in [-0.4, -0.2) is 18.5 Å². The molecule has 3 nitrogen and oxygen atoms in total. The first-order chi connectivity index (χ1) is 10.1. The van der Waals surface area contributed by atoms with Gasteiger partial charge >= 0.3 is 0 Å². The summed E-state index contributed by atoms with van der Waals surface area (Å²) in [5.74, 6) is 0.334. The molecule has 0 aliphatic rings. The molecule has 2 unspecified atom stereocenters. The molecule has 0 aromatic carbocycles. The summed E-state index contributed by atoms with van der Waals surface area (Å²) in [6.07, 6.45) is 13.5. The number of rotatable bonds is 14. The van der Waals surface area contributed by atoms with Gasteiger partial charge in [0.1, 0.15) is 0 Å². The van der Waals surface area contributed by atoms with E-state index >= 15 is 0 Å². The predicted octanol–water partition coefficient (Wildman–Crippen LogP) is 4.40. The Morgan fingerprint density at radius 1 is 0.905 bits per heavy atom. The van der Waals surface area contributed by atoms with E-state index in [1.807, 2.05) is 13.8 Å².